The first kappa shape index (κ1) is 16.3. The molecular weight excluding hydrogens is 326 g/mol. The van der Waals surface area contributed by atoms with Crippen molar-refractivity contribution in [3.05, 3.63) is 77.0 Å². The van der Waals surface area contributed by atoms with E-state index in [1.807, 2.05) is 18.2 Å². The number of benzene rings is 1. The minimum absolute atomic E-state index is 0.129. The first-order chi connectivity index (χ1) is 11.6. The van der Waals surface area contributed by atoms with Crippen molar-refractivity contribution in [2.24, 2.45) is 0 Å². The van der Waals surface area contributed by atoms with Crippen LogP contribution in [0.2, 0.25) is 5.02 Å². The van der Waals surface area contributed by atoms with E-state index < -0.39 is 0 Å². The fourth-order valence-electron chi connectivity index (χ4n) is 2.39. The number of aromatic nitrogens is 2. The molecule has 3 aromatic rings. The molecule has 0 bridgehead atoms. The van der Waals surface area contributed by atoms with Gasteiger partial charge in [0.1, 0.15) is 5.76 Å². The molecule has 3 rings (SSSR count). The van der Waals surface area contributed by atoms with Gasteiger partial charge in [0.05, 0.1) is 17.8 Å². The maximum Gasteiger partial charge on any atom is 0.289 e. The van der Waals surface area contributed by atoms with Crippen molar-refractivity contribution in [2.75, 3.05) is 13.6 Å². The summed E-state index contributed by atoms with van der Waals surface area (Å²) in [5, 5.41) is 4.66. The molecule has 0 fully saturated rings. The SMILES string of the molecule is CN(CCc1ccccc1)C(=O)c1ccc(Cn2cc(Cl)cn2)o1. The average molecular weight is 344 g/mol. The van der Waals surface area contributed by atoms with Gasteiger partial charge in [-0.15, -0.1) is 0 Å². The third-order valence-corrected chi connectivity index (χ3v) is 3.91. The van der Waals surface area contributed by atoms with Crippen molar-refractivity contribution in [3.63, 3.8) is 0 Å². The van der Waals surface area contributed by atoms with Crippen molar-refractivity contribution >= 4 is 17.5 Å². The molecule has 0 radical (unpaired) electrons. The van der Waals surface area contributed by atoms with E-state index in [9.17, 15) is 4.79 Å². The molecule has 24 heavy (non-hydrogen) atoms. The van der Waals surface area contributed by atoms with E-state index in [0.29, 0.717) is 29.6 Å². The lowest BCUT2D eigenvalue weighted by atomic mass is 10.1. The van der Waals surface area contributed by atoms with Crippen molar-refractivity contribution in [1.29, 1.82) is 0 Å². The highest BCUT2D eigenvalue weighted by atomic mass is 35.5. The highest BCUT2D eigenvalue weighted by Crippen LogP contribution is 2.13. The molecule has 0 aliphatic rings. The summed E-state index contributed by atoms with van der Waals surface area (Å²) >= 11 is 5.83. The number of furan rings is 1. The number of likely N-dealkylation sites (N-methyl/N-ethyl adjacent to an activating group) is 1. The Labute approximate surface area is 145 Å². The molecule has 0 unspecified atom stereocenters. The van der Waals surface area contributed by atoms with E-state index in [0.717, 1.165) is 6.42 Å². The largest absolute Gasteiger partial charge is 0.454 e. The lowest BCUT2D eigenvalue weighted by molar-refractivity contribution is 0.0763. The molecule has 1 aromatic carbocycles. The van der Waals surface area contributed by atoms with E-state index in [1.165, 1.54) is 5.56 Å². The van der Waals surface area contributed by atoms with Gasteiger partial charge in [-0.2, -0.15) is 5.10 Å². The van der Waals surface area contributed by atoms with Crippen molar-refractivity contribution in [2.45, 2.75) is 13.0 Å². The Balaban J connectivity index is 1.58. The van der Waals surface area contributed by atoms with Crippen LogP contribution in [-0.2, 0) is 13.0 Å². The molecule has 1 amide bonds. The summed E-state index contributed by atoms with van der Waals surface area (Å²) in [6.07, 6.45) is 4.08. The minimum atomic E-state index is -0.129. The second-order valence-corrected chi connectivity index (χ2v) is 6.02. The summed E-state index contributed by atoms with van der Waals surface area (Å²) in [5.74, 6) is 0.865. The van der Waals surface area contributed by atoms with Crippen LogP contribution in [0.15, 0.2) is 59.3 Å². The molecular formula is C18H18ClN3O2. The predicted octanol–water partition coefficient (Wildman–Crippen LogP) is 3.49. The molecule has 0 spiro atoms. The van der Waals surface area contributed by atoms with E-state index >= 15 is 0 Å². The number of hydrogen-bond donors (Lipinski definition) is 0. The van der Waals surface area contributed by atoms with Gasteiger partial charge in [-0.3, -0.25) is 9.48 Å². The fraction of sp³-hybridized carbons (Fsp3) is 0.222. The van der Waals surface area contributed by atoms with Crippen LogP contribution in [0, 0.1) is 0 Å². The number of carbonyl (C=O) groups is 1. The van der Waals surface area contributed by atoms with Crippen molar-refractivity contribution in [3.8, 4) is 0 Å². The van der Waals surface area contributed by atoms with Crippen LogP contribution >= 0.6 is 11.6 Å². The fourth-order valence-corrected chi connectivity index (χ4v) is 2.55. The van der Waals surface area contributed by atoms with Gasteiger partial charge in [0, 0.05) is 19.8 Å². The van der Waals surface area contributed by atoms with Crippen LogP contribution in [-0.4, -0.2) is 34.2 Å². The molecule has 0 N–H and O–H groups in total. The molecule has 2 aromatic heterocycles. The summed E-state index contributed by atoms with van der Waals surface area (Å²) < 4.78 is 7.30. The molecule has 2 heterocycles. The Morgan fingerprint density at radius 1 is 1.25 bits per heavy atom. The molecule has 6 heteroatoms. The zero-order chi connectivity index (χ0) is 16.9. The van der Waals surface area contributed by atoms with Gasteiger partial charge in [-0.25, -0.2) is 0 Å². The monoisotopic (exact) mass is 343 g/mol. The third-order valence-electron chi connectivity index (χ3n) is 3.72. The maximum absolute atomic E-state index is 12.4. The van der Waals surface area contributed by atoms with E-state index in [1.54, 1.807) is 41.2 Å². The van der Waals surface area contributed by atoms with Crippen LogP contribution in [0.5, 0.6) is 0 Å². The van der Waals surface area contributed by atoms with E-state index in [-0.39, 0.29) is 5.91 Å². The van der Waals surface area contributed by atoms with Crippen LogP contribution in [0.3, 0.4) is 0 Å². The van der Waals surface area contributed by atoms with Crippen LogP contribution in [0.1, 0.15) is 21.9 Å². The molecule has 0 aliphatic carbocycles. The van der Waals surface area contributed by atoms with Crippen LogP contribution in [0.25, 0.3) is 0 Å². The standard InChI is InChI=1S/C18H18ClN3O2/c1-21(10-9-14-5-3-2-4-6-14)18(23)17-8-7-16(24-17)13-22-12-15(19)11-20-22/h2-8,11-12H,9-10,13H2,1H3. The van der Waals surface area contributed by atoms with E-state index in [4.69, 9.17) is 16.0 Å². The lowest BCUT2D eigenvalue weighted by Gasteiger charge is -2.15. The second-order valence-electron chi connectivity index (χ2n) is 5.58. The zero-order valence-electron chi connectivity index (χ0n) is 13.4. The highest BCUT2D eigenvalue weighted by Gasteiger charge is 2.16. The first-order valence-electron chi connectivity index (χ1n) is 7.68. The van der Waals surface area contributed by atoms with Crippen LogP contribution in [0.4, 0.5) is 0 Å². The Hall–Kier alpha value is -2.53. The Morgan fingerprint density at radius 3 is 2.75 bits per heavy atom. The van der Waals surface area contributed by atoms with Gasteiger partial charge in [-0.05, 0) is 24.1 Å². The van der Waals surface area contributed by atoms with Crippen molar-refractivity contribution in [1.82, 2.24) is 14.7 Å². The predicted molar refractivity (Wildman–Crippen MR) is 92.2 cm³/mol. The second kappa shape index (κ2) is 7.36. The van der Waals surface area contributed by atoms with Gasteiger partial charge in [0.15, 0.2) is 5.76 Å². The quantitative estimate of drug-likeness (QED) is 0.688. The molecule has 124 valence electrons. The van der Waals surface area contributed by atoms with Gasteiger partial charge in [0.25, 0.3) is 5.91 Å². The molecule has 0 saturated heterocycles. The number of nitrogens with zero attached hydrogens (tertiary/aromatic N) is 3. The minimum Gasteiger partial charge on any atom is -0.454 e. The maximum atomic E-state index is 12.4. The highest BCUT2D eigenvalue weighted by molar-refractivity contribution is 6.30. The number of rotatable bonds is 6. The molecule has 0 aliphatic heterocycles. The van der Waals surface area contributed by atoms with Crippen LogP contribution < -0.4 is 0 Å². The number of carbonyl (C=O) groups excluding carboxylic acids is 1. The summed E-state index contributed by atoms with van der Waals surface area (Å²) in [6.45, 7) is 1.07. The first-order valence-corrected chi connectivity index (χ1v) is 8.05. The summed E-state index contributed by atoms with van der Waals surface area (Å²) in [5.41, 5.74) is 1.20. The smallest absolute Gasteiger partial charge is 0.289 e. The number of hydrogen-bond acceptors (Lipinski definition) is 3. The third kappa shape index (κ3) is 4.06. The van der Waals surface area contributed by atoms with Gasteiger partial charge >= 0.3 is 0 Å². The van der Waals surface area contributed by atoms with Gasteiger partial charge < -0.3 is 9.32 Å². The Bertz CT molecular complexity index is 811. The number of amides is 1. The molecule has 5 nitrogen and oxygen atoms in total. The normalized spacial score (nSPS) is 10.8. The number of halogens is 1. The van der Waals surface area contributed by atoms with Gasteiger partial charge in [-0.1, -0.05) is 41.9 Å². The lowest BCUT2D eigenvalue weighted by Crippen LogP contribution is -2.28. The van der Waals surface area contributed by atoms with E-state index in [2.05, 4.69) is 17.2 Å². The topological polar surface area (TPSA) is 51.3 Å². The zero-order valence-corrected chi connectivity index (χ0v) is 14.1. The average Bonchev–Trinajstić information content (AvgIpc) is 3.22. The Morgan fingerprint density at radius 2 is 2.04 bits per heavy atom. The Kier molecular flexibility index (Phi) is 5.01. The molecule has 0 saturated carbocycles. The van der Waals surface area contributed by atoms with Gasteiger partial charge in [0.2, 0.25) is 0 Å². The van der Waals surface area contributed by atoms with Crippen molar-refractivity contribution < 1.29 is 9.21 Å². The molecule has 0 atom stereocenters. The summed E-state index contributed by atoms with van der Waals surface area (Å²) in [4.78, 5) is 14.1. The summed E-state index contributed by atoms with van der Waals surface area (Å²) in [7, 11) is 1.78. The summed E-state index contributed by atoms with van der Waals surface area (Å²) in [6, 6.07) is 13.6.